The summed E-state index contributed by atoms with van der Waals surface area (Å²) >= 11 is 0. The molecule has 11 heteroatoms. The van der Waals surface area contributed by atoms with Crippen molar-refractivity contribution in [1.29, 1.82) is 0 Å². The molecule has 0 bridgehead atoms. The second kappa shape index (κ2) is 9.50. The molecule has 5 rings (SSSR count). The van der Waals surface area contributed by atoms with Crippen molar-refractivity contribution in [1.82, 2.24) is 9.29 Å². The molecule has 0 radical (unpaired) electrons. The smallest absolute Gasteiger partial charge is 0.341 e. The van der Waals surface area contributed by atoms with Gasteiger partial charge in [0.05, 0.1) is 16.9 Å². The minimum Gasteiger partial charge on any atom is -0.421 e. The van der Waals surface area contributed by atoms with Crippen LogP contribution in [0.5, 0.6) is 0 Å². The molecule has 4 N–H and O–H groups in total. The van der Waals surface area contributed by atoms with Crippen molar-refractivity contribution >= 4 is 32.6 Å². The summed E-state index contributed by atoms with van der Waals surface area (Å²) in [5.74, 6) is -0.518. The number of anilines is 2. The predicted molar refractivity (Wildman–Crippen MR) is 144 cm³/mol. The van der Waals surface area contributed by atoms with Crippen LogP contribution in [0.15, 0.2) is 56.5 Å². The first-order valence-corrected chi connectivity index (χ1v) is 13.6. The Labute approximate surface area is 218 Å². The molecule has 1 aliphatic rings. The van der Waals surface area contributed by atoms with Crippen LogP contribution in [0, 0.1) is 26.6 Å². The Morgan fingerprint density at radius 1 is 1.11 bits per heavy atom. The van der Waals surface area contributed by atoms with Gasteiger partial charge in [-0.15, -0.1) is 0 Å². The van der Waals surface area contributed by atoms with Crippen molar-refractivity contribution in [3.63, 3.8) is 0 Å². The van der Waals surface area contributed by atoms with E-state index in [0.29, 0.717) is 22.4 Å². The Bertz CT molecular complexity index is 1820. The van der Waals surface area contributed by atoms with Gasteiger partial charge < -0.3 is 14.3 Å². The van der Waals surface area contributed by atoms with Crippen LogP contribution < -0.4 is 26.4 Å². The van der Waals surface area contributed by atoms with Crippen molar-refractivity contribution < 1.29 is 17.2 Å². The van der Waals surface area contributed by atoms with Crippen LogP contribution in [0.3, 0.4) is 0 Å². The lowest BCUT2D eigenvalue weighted by Gasteiger charge is -2.19. The highest BCUT2D eigenvalue weighted by Gasteiger charge is 2.31. The van der Waals surface area contributed by atoms with Gasteiger partial charge in [0.2, 0.25) is 0 Å². The van der Waals surface area contributed by atoms with Gasteiger partial charge in [-0.1, -0.05) is 24.3 Å². The number of pyridine rings is 1. The number of aryl methyl sites for hydroxylation is 1. The second-order valence-electron chi connectivity index (χ2n) is 9.64. The third-order valence-corrected chi connectivity index (χ3v) is 7.27. The summed E-state index contributed by atoms with van der Waals surface area (Å²) in [7, 11) is -3.90. The fourth-order valence-corrected chi connectivity index (χ4v) is 5.07. The monoisotopic (exact) mass is 538 g/mol. The van der Waals surface area contributed by atoms with Crippen molar-refractivity contribution in [2.45, 2.75) is 46.2 Å². The quantitative estimate of drug-likeness (QED) is 0.325. The van der Waals surface area contributed by atoms with Crippen LogP contribution in [0.2, 0.25) is 0 Å². The zero-order valence-electron chi connectivity index (χ0n) is 21.1. The van der Waals surface area contributed by atoms with Gasteiger partial charge in [-0.05, 0) is 68.5 Å². The van der Waals surface area contributed by atoms with Crippen LogP contribution in [-0.2, 0) is 16.8 Å². The maximum Gasteiger partial charge on any atom is 0.341 e. The molecular weight excluding hydrogens is 511 g/mol. The van der Waals surface area contributed by atoms with E-state index in [-0.39, 0.29) is 46.1 Å². The molecular formula is C27H27FN4O5S. The molecule has 0 amide bonds. The van der Waals surface area contributed by atoms with Gasteiger partial charge in [0, 0.05) is 23.8 Å². The van der Waals surface area contributed by atoms with Crippen molar-refractivity contribution in [2.24, 2.45) is 5.14 Å². The fraction of sp³-hybridized carbons (Fsp3) is 0.259. The lowest BCUT2D eigenvalue weighted by molar-refractivity contribution is 0.552. The Morgan fingerprint density at radius 2 is 1.84 bits per heavy atom. The third-order valence-electron chi connectivity index (χ3n) is 6.73. The summed E-state index contributed by atoms with van der Waals surface area (Å²) in [6, 6.07) is 11.6. The highest BCUT2D eigenvalue weighted by atomic mass is 32.2. The van der Waals surface area contributed by atoms with Crippen LogP contribution in [0.4, 0.5) is 15.8 Å². The Morgan fingerprint density at radius 3 is 2.50 bits per heavy atom. The molecule has 0 spiro atoms. The normalized spacial score (nSPS) is 13.7. The number of aromatic nitrogens is 1. The number of hydrogen-bond donors (Lipinski definition) is 3. The highest BCUT2D eigenvalue weighted by molar-refractivity contribution is 7.87. The zero-order valence-corrected chi connectivity index (χ0v) is 21.9. The first-order chi connectivity index (χ1) is 17.9. The Hall–Kier alpha value is -3.80. The van der Waals surface area contributed by atoms with Gasteiger partial charge >= 0.3 is 5.63 Å². The topological polar surface area (TPSA) is 136 Å². The van der Waals surface area contributed by atoms with E-state index in [0.717, 1.165) is 18.4 Å². The zero-order chi connectivity index (χ0) is 27.4. The van der Waals surface area contributed by atoms with Crippen molar-refractivity contribution in [3.05, 3.63) is 91.4 Å². The number of rotatable bonds is 7. The minimum atomic E-state index is -3.90. The molecule has 0 aliphatic heterocycles. The first kappa shape index (κ1) is 25.8. The fourth-order valence-electron chi connectivity index (χ4n) is 4.71. The van der Waals surface area contributed by atoms with E-state index in [1.165, 1.54) is 13.0 Å². The summed E-state index contributed by atoms with van der Waals surface area (Å²) in [6.45, 7) is 5.03. The third kappa shape index (κ3) is 4.87. The van der Waals surface area contributed by atoms with Gasteiger partial charge in [-0.25, -0.2) is 14.3 Å². The first-order valence-electron chi connectivity index (χ1n) is 12.1. The van der Waals surface area contributed by atoms with E-state index >= 15 is 0 Å². The van der Waals surface area contributed by atoms with Crippen LogP contribution in [0.1, 0.15) is 41.3 Å². The largest absolute Gasteiger partial charge is 0.421 e. The maximum absolute atomic E-state index is 14.8. The van der Waals surface area contributed by atoms with Gasteiger partial charge in [-0.2, -0.15) is 13.1 Å². The maximum atomic E-state index is 14.8. The Kier molecular flexibility index (Phi) is 6.46. The minimum absolute atomic E-state index is 0.00548. The van der Waals surface area contributed by atoms with E-state index in [9.17, 15) is 22.4 Å². The molecule has 2 aromatic heterocycles. The van der Waals surface area contributed by atoms with E-state index in [2.05, 4.69) is 10.0 Å². The van der Waals surface area contributed by atoms with Gasteiger partial charge in [-0.3, -0.25) is 4.79 Å². The van der Waals surface area contributed by atoms with Gasteiger partial charge in [0.15, 0.2) is 5.58 Å². The molecule has 2 heterocycles. The predicted octanol–water partition coefficient (Wildman–Crippen LogP) is 4.06. The number of nitrogens with one attached hydrogen (secondary N) is 2. The lowest BCUT2D eigenvalue weighted by Crippen LogP contribution is -2.30. The molecule has 4 aromatic rings. The van der Waals surface area contributed by atoms with Crippen LogP contribution in [0.25, 0.3) is 22.1 Å². The van der Waals surface area contributed by atoms with E-state index in [1.54, 1.807) is 54.8 Å². The number of nitrogens with two attached hydrogens (primary N) is 1. The Balaban J connectivity index is 1.79. The number of nitrogens with zero attached hydrogens (tertiary/aromatic N) is 1. The molecule has 2 aromatic carbocycles. The summed E-state index contributed by atoms with van der Waals surface area (Å²) in [6.07, 6.45) is 1.66. The van der Waals surface area contributed by atoms with E-state index < -0.39 is 21.7 Å². The average Bonchev–Trinajstić information content (AvgIpc) is 3.67. The molecule has 38 heavy (non-hydrogen) atoms. The molecule has 0 atom stereocenters. The summed E-state index contributed by atoms with van der Waals surface area (Å²) in [5.41, 5.74) is 2.64. The van der Waals surface area contributed by atoms with Crippen LogP contribution in [-0.4, -0.2) is 13.0 Å². The number of halogens is 1. The van der Waals surface area contributed by atoms with E-state index in [1.807, 2.05) is 0 Å². The second-order valence-corrected chi connectivity index (χ2v) is 11.0. The molecule has 1 saturated carbocycles. The number of benzene rings is 2. The van der Waals surface area contributed by atoms with Crippen molar-refractivity contribution in [2.75, 3.05) is 5.32 Å². The summed E-state index contributed by atoms with van der Waals surface area (Å²) < 4.78 is 47.3. The van der Waals surface area contributed by atoms with Crippen LogP contribution >= 0.6 is 0 Å². The standard InChI is InChI=1S/C27H27FN4O5S/c1-14-7-10-21(20(28)11-14)31-24-15(2)27(34)37-25-22(16(3)32(19-8-9-19)26(33)23(24)25)18-6-4-5-17(12-18)13-30-38(29,35)36/h4-7,10-12,19,30-31H,8-9,13H2,1-3H3,(H2,29,35,36). The molecule has 198 valence electrons. The average molecular weight is 539 g/mol. The number of fused-ring (bicyclic) bond motifs is 1. The molecule has 0 saturated heterocycles. The van der Waals surface area contributed by atoms with Crippen molar-refractivity contribution in [3.8, 4) is 11.1 Å². The SMILES string of the molecule is Cc1ccc(Nc2c(C)c(=O)oc3c(-c4cccc(CNS(N)(=O)=O)c4)c(C)n(C4CC4)c(=O)c23)c(F)c1. The molecule has 9 nitrogen and oxygen atoms in total. The molecule has 1 fully saturated rings. The lowest BCUT2D eigenvalue weighted by atomic mass is 9.98. The number of hydrogen-bond acceptors (Lipinski definition) is 6. The summed E-state index contributed by atoms with van der Waals surface area (Å²) in [4.78, 5) is 26.9. The molecule has 0 unspecified atom stereocenters. The molecule has 1 aliphatic carbocycles. The van der Waals surface area contributed by atoms with Gasteiger partial charge in [0.25, 0.3) is 15.8 Å². The van der Waals surface area contributed by atoms with Gasteiger partial charge in [0.1, 0.15) is 11.2 Å². The summed E-state index contributed by atoms with van der Waals surface area (Å²) in [5, 5.41) is 8.20. The van der Waals surface area contributed by atoms with E-state index in [4.69, 9.17) is 9.56 Å². The highest BCUT2D eigenvalue weighted by Crippen LogP contribution is 2.40.